The van der Waals surface area contributed by atoms with Gasteiger partial charge in [0.25, 0.3) is 5.91 Å². The van der Waals surface area contributed by atoms with Crippen LogP contribution in [0.3, 0.4) is 0 Å². The fourth-order valence-corrected chi connectivity index (χ4v) is 3.72. The van der Waals surface area contributed by atoms with Crippen molar-refractivity contribution in [1.29, 1.82) is 0 Å². The average molecular weight is 341 g/mol. The predicted molar refractivity (Wildman–Crippen MR) is 91.9 cm³/mol. The molecule has 0 saturated heterocycles. The predicted octanol–water partition coefficient (Wildman–Crippen LogP) is 2.81. The molecule has 1 aliphatic rings. The summed E-state index contributed by atoms with van der Waals surface area (Å²) in [5.74, 6) is 0.119. The number of fused-ring (bicyclic) bond motifs is 2. The minimum absolute atomic E-state index is 0.365. The maximum atomic E-state index is 11.5. The van der Waals surface area contributed by atoms with E-state index in [0.717, 1.165) is 27.5 Å². The van der Waals surface area contributed by atoms with E-state index in [1.807, 2.05) is 24.3 Å². The van der Waals surface area contributed by atoms with Crippen LogP contribution >= 0.6 is 11.3 Å². The van der Waals surface area contributed by atoms with Crippen LogP contribution in [0.2, 0.25) is 0 Å². The molecule has 0 radical (unpaired) electrons. The molecule has 4 rings (SSSR count). The summed E-state index contributed by atoms with van der Waals surface area (Å²) < 4.78 is 6.94. The second kappa shape index (κ2) is 6.10. The Bertz CT molecular complexity index is 876. The number of nitrogens with one attached hydrogen (secondary N) is 1. The molecule has 24 heavy (non-hydrogen) atoms. The lowest BCUT2D eigenvalue weighted by atomic mass is 10.1. The molecule has 0 bridgehead atoms. The molecule has 0 unspecified atom stereocenters. The lowest BCUT2D eigenvalue weighted by molar-refractivity contribution is 0.0706. The Morgan fingerprint density at radius 2 is 2.17 bits per heavy atom. The number of thiazole rings is 1. The van der Waals surface area contributed by atoms with Crippen molar-refractivity contribution in [3.05, 3.63) is 53.6 Å². The van der Waals surface area contributed by atoms with Crippen molar-refractivity contribution in [3.8, 4) is 5.75 Å². The Morgan fingerprint density at radius 1 is 1.29 bits per heavy atom. The van der Waals surface area contributed by atoms with Gasteiger partial charge in [-0.25, -0.2) is 10.5 Å². The summed E-state index contributed by atoms with van der Waals surface area (Å²) >= 11 is 1.66. The van der Waals surface area contributed by atoms with Gasteiger partial charge in [0.05, 0.1) is 16.8 Å². The second-order valence-electron chi connectivity index (χ2n) is 5.50. The highest BCUT2D eigenvalue weighted by Crippen LogP contribution is 2.32. The zero-order chi connectivity index (χ0) is 16.5. The Morgan fingerprint density at radius 3 is 3.00 bits per heavy atom. The molecule has 1 aliphatic heterocycles. The van der Waals surface area contributed by atoms with Gasteiger partial charge in [-0.1, -0.05) is 29.5 Å². The summed E-state index contributed by atoms with van der Waals surface area (Å²) in [4.78, 5) is 18.4. The smallest absolute Gasteiger partial charge is 0.274 e. The molecular weight excluding hydrogens is 326 g/mol. The number of amides is 1. The highest BCUT2D eigenvalue weighted by Gasteiger charge is 2.20. The van der Waals surface area contributed by atoms with Gasteiger partial charge in [0.15, 0.2) is 5.13 Å². The third-order valence-corrected chi connectivity index (χ3v) is 5.06. The number of hydrogen-bond donors (Lipinski definition) is 2. The average Bonchev–Trinajstić information content (AvgIpc) is 2.93. The van der Waals surface area contributed by atoms with Crippen molar-refractivity contribution in [2.45, 2.75) is 6.54 Å². The fourth-order valence-electron chi connectivity index (χ4n) is 2.73. The Labute approximate surface area is 142 Å². The van der Waals surface area contributed by atoms with Gasteiger partial charge in [-0.05, 0) is 24.3 Å². The summed E-state index contributed by atoms with van der Waals surface area (Å²) in [6, 6.07) is 13.3. The highest BCUT2D eigenvalue weighted by atomic mass is 32.1. The van der Waals surface area contributed by atoms with Crippen molar-refractivity contribution in [2.24, 2.45) is 0 Å². The van der Waals surface area contributed by atoms with Crippen molar-refractivity contribution in [1.82, 2.24) is 10.5 Å². The van der Waals surface area contributed by atoms with Crippen LogP contribution in [0.1, 0.15) is 15.9 Å². The molecule has 0 atom stereocenters. The molecule has 0 aliphatic carbocycles. The van der Waals surface area contributed by atoms with Gasteiger partial charge >= 0.3 is 0 Å². The van der Waals surface area contributed by atoms with Gasteiger partial charge < -0.3 is 9.64 Å². The van der Waals surface area contributed by atoms with E-state index in [2.05, 4.69) is 11.0 Å². The topological polar surface area (TPSA) is 74.7 Å². The van der Waals surface area contributed by atoms with Crippen LogP contribution in [0.5, 0.6) is 5.75 Å². The van der Waals surface area contributed by atoms with Crippen LogP contribution in [0.4, 0.5) is 5.13 Å². The van der Waals surface area contributed by atoms with Gasteiger partial charge in [-0.15, -0.1) is 0 Å². The van der Waals surface area contributed by atoms with Crippen LogP contribution in [0, 0.1) is 0 Å². The monoisotopic (exact) mass is 341 g/mol. The molecule has 122 valence electrons. The molecule has 0 fully saturated rings. The van der Waals surface area contributed by atoms with Crippen LogP contribution in [-0.2, 0) is 6.54 Å². The fraction of sp³-hybridized carbons (Fsp3) is 0.176. The van der Waals surface area contributed by atoms with Crippen molar-refractivity contribution < 1.29 is 14.7 Å². The second-order valence-corrected chi connectivity index (χ2v) is 6.51. The maximum absolute atomic E-state index is 11.5. The standard InChI is InChI=1S/C17H15N3O3S/c21-16(19-22)11-5-6-12-10-20(7-8-23-14(12)9-11)17-18-13-3-1-2-4-15(13)24-17/h1-6,9,22H,7-8,10H2,(H,19,21). The summed E-state index contributed by atoms with van der Waals surface area (Å²) in [5.41, 5.74) is 3.99. The van der Waals surface area contributed by atoms with E-state index in [9.17, 15) is 4.79 Å². The van der Waals surface area contributed by atoms with Crippen molar-refractivity contribution >= 4 is 32.6 Å². The van der Waals surface area contributed by atoms with E-state index in [0.29, 0.717) is 24.5 Å². The quantitative estimate of drug-likeness (QED) is 0.554. The number of nitrogens with zero attached hydrogens (tertiary/aromatic N) is 2. The number of carbonyl (C=O) groups excluding carboxylic acids is 1. The van der Waals surface area contributed by atoms with Crippen LogP contribution in [-0.4, -0.2) is 29.3 Å². The van der Waals surface area contributed by atoms with Crippen LogP contribution in [0.15, 0.2) is 42.5 Å². The lowest BCUT2D eigenvalue weighted by Crippen LogP contribution is -2.24. The minimum atomic E-state index is -0.548. The van der Waals surface area contributed by atoms with Crippen molar-refractivity contribution in [3.63, 3.8) is 0 Å². The summed E-state index contributed by atoms with van der Waals surface area (Å²) in [7, 11) is 0. The van der Waals surface area contributed by atoms with Crippen LogP contribution in [0.25, 0.3) is 10.2 Å². The molecule has 3 aromatic rings. The first-order chi connectivity index (χ1) is 11.7. The SMILES string of the molecule is O=C(NO)c1ccc2c(c1)OCCN(c1nc3ccccc3s1)C2. The number of aromatic nitrogens is 1. The zero-order valence-corrected chi connectivity index (χ0v) is 13.5. The Kier molecular flexibility index (Phi) is 3.79. The molecule has 7 heteroatoms. The maximum Gasteiger partial charge on any atom is 0.274 e. The summed E-state index contributed by atoms with van der Waals surface area (Å²) in [6.07, 6.45) is 0. The van der Waals surface area contributed by atoms with E-state index in [1.54, 1.807) is 28.9 Å². The first-order valence-corrected chi connectivity index (χ1v) is 8.37. The van der Waals surface area contributed by atoms with Gasteiger partial charge in [0.2, 0.25) is 0 Å². The van der Waals surface area contributed by atoms with E-state index in [4.69, 9.17) is 14.9 Å². The van der Waals surface area contributed by atoms with Gasteiger partial charge in [-0.3, -0.25) is 10.0 Å². The number of para-hydroxylation sites is 1. The Hall–Kier alpha value is -2.64. The third kappa shape index (κ3) is 2.68. The number of hydroxylamine groups is 1. The minimum Gasteiger partial charge on any atom is -0.491 e. The summed E-state index contributed by atoms with van der Waals surface area (Å²) in [5, 5.41) is 9.72. The third-order valence-electron chi connectivity index (χ3n) is 3.96. The van der Waals surface area contributed by atoms with E-state index in [-0.39, 0.29) is 0 Å². The summed E-state index contributed by atoms with van der Waals surface area (Å²) in [6.45, 7) is 1.89. The van der Waals surface area contributed by atoms with E-state index in [1.165, 1.54) is 0 Å². The number of hydrogen-bond acceptors (Lipinski definition) is 6. The molecule has 1 aromatic heterocycles. The normalized spacial score (nSPS) is 14.0. The zero-order valence-electron chi connectivity index (χ0n) is 12.7. The van der Waals surface area contributed by atoms with Crippen LogP contribution < -0.4 is 15.1 Å². The van der Waals surface area contributed by atoms with Crippen molar-refractivity contribution in [2.75, 3.05) is 18.1 Å². The number of rotatable bonds is 2. The Balaban J connectivity index is 1.65. The van der Waals surface area contributed by atoms with E-state index >= 15 is 0 Å². The first-order valence-electron chi connectivity index (χ1n) is 7.55. The molecule has 1 amide bonds. The number of carbonyl (C=O) groups is 1. The molecule has 2 N–H and O–H groups in total. The molecular formula is C17H15N3O3S. The highest BCUT2D eigenvalue weighted by molar-refractivity contribution is 7.22. The lowest BCUT2D eigenvalue weighted by Gasteiger charge is -2.18. The van der Waals surface area contributed by atoms with Gasteiger partial charge in [0.1, 0.15) is 12.4 Å². The molecule has 2 aromatic carbocycles. The van der Waals surface area contributed by atoms with E-state index < -0.39 is 5.91 Å². The molecule has 0 saturated carbocycles. The number of ether oxygens (including phenoxy) is 1. The largest absolute Gasteiger partial charge is 0.491 e. The number of anilines is 1. The molecule has 0 spiro atoms. The molecule has 2 heterocycles. The molecule has 6 nitrogen and oxygen atoms in total. The van der Waals surface area contributed by atoms with Gasteiger partial charge in [0, 0.05) is 17.7 Å². The number of benzene rings is 2. The van der Waals surface area contributed by atoms with Gasteiger partial charge in [-0.2, -0.15) is 0 Å². The first kappa shape index (κ1) is 14.9.